The van der Waals surface area contributed by atoms with Crippen LogP contribution >= 0.6 is 24.8 Å². The maximum absolute atomic E-state index is 11.9. The lowest BCUT2D eigenvalue weighted by atomic mass is 9.96. The molecule has 1 unspecified atom stereocenters. The van der Waals surface area contributed by atoms with E-state index in [0.717, 1.165) is 25.9 Å². The number of likely N-dealkylation sites (tertiary alicyclic amines) is 1. The first-order valence-corrected chi connectivity index (χ1v) is 8.27. The number of amides is 2. The third-order valence-corrected chi connectivity index (χ3v) is 3.84. The van der Waals surface area contributed by atoms with E-state index < -0.39 is 6.04 Å². The molecule has 9 heteroatoms. The van der Waals surface area contributed by atoms with Crippen LogP contribution in [0.25, 0.3) is 0 Å². The van der Waals surface area contributed by atoms with Gasteiger partial charge in [0.2, 0.25) is 11.8 Å². The summed E-state index contributed by atoms with van der Waals surface area (Å²) in [4.78, 5) is 25.8. The molecule has 1 aliphatic heterocycles. The van der Waals surface area contributed by atoms with Crippen molar-refractivity contribution in [1.29, 1.82) is 0 Å². The van der Waals surface area contributed by atoms with Gasteiger partial charge < -0.3 is 21.1 Å². The molecule has 0 aromatic heterocycles. The number of hydrogen-bond donors (Lipinski definition) is 3. The standard InChI is InChI=1S/C16H32N4O3.2ClH/c1-16(2,3)19-14(21)10-20-7-5-12(6-8-20)9-18-15(22)13(17)11-23-4;;/h12-13H,5-11,17H2,1-4H3,(H,18,22)(H,19,21);2*1H. The summed E-state index contributed by atoms with van der Waals surface area (Å²) in [6, 6.07) is -0.610. The Morgan fingerprint density at radius 1 is 1.24 bits per heavy atom. The number of nitrogens with one attached hydrogen (secondary N) is 2. The van der Waals surface area contributed by atoms with Crippen molar-refractivity contribution in [3.05, 3.63) is 0 Å². The van der Waals surface area contributed by atoms with Crippen molar-refractivity contribution < 1.29 is 14.3 Å². The average Bonchev–Trinajstić information content (AvgIpc) is 2.44. The van der Waals surface area contributed by atoms with Crippen LogP contribution in [0.3, 0.4) is 0 Å². The fourth-order valence-electron chi connectivity index (χ4n) is 2.64. The Labute approximate surface area is 163 Å². The minimum absolute atomic E-state index is 0. The average molecular weight is 401 g/mol. The molecule has 1 aliphatic rings. The van der Waals surface area contributed by atoms with E-state index in [9.17, 15) is 9.59 Å². The highest BCUT2D eigenvalue weighted by Gasteiger charge is 2.23. The fourth-order valence-corrected chi connectivity index (χ4v) is 2.64. The molecular formula is C16H34Cl2N4O3. The molecule has 0 saturated carbocycles. The van der Waals surface area contributed by atoms with Crippen molar-refractivity contribution in [2.24, 2.45) is 11.7 Å². The van der Waals surface area contributed by atoms with E-state index >= 15 is 0 Å². The van der Waals surface area contributed by atoms with Gasteiger partial charge in [-0.1, -0.05) is 0 Å². The van der Waals surface area contributed by atoms with Crippen molar-refractivity contribution in [1.82, 2.24) is 15.5 Å². The predicted octanol–water partition coefficient (Wildman–Crippen LogP) is 0.547. The van der Waals surface area contributed by atoms with E-state index in [1.807, 2.05) is 20.8 Å². The lowest BCUT2D eigenvalue weighted by Gasteiger charge is -2.32. The molecule has 1 saturated heterocycles. The molecule has 1 fully saturated rings. The van der Waals surface area contributed by atoms with Gasteiger partial charge in [0.25, 0.3) is 0 Å². The van der Waals surface area contributed by atoms with Crippen LogP contribution in [0.1, 0.15) is 33.6 Å². The van der Waals surface area contributed by atoms with Gasteiger partial charge in [0.1, 0.15) is 6.04 Å². The topological polar surface area (TPSA) is 96.7 Å². The molecule has 2 amide bonds. The summed E-state index contributed by atoms with van der Waals surface area (Å²) in [6.07, 6.45) is 1.95. The number of halogens is 2. The Balaban J connectivity index is 0. The molecule has 0 bridgehead atoms. The first kappa shape index (κ1) is 26.6. The highest BCUT2D eigenvalue weighted by atomic mass is 35.5. The second kappa shape index (κ2) is 12.7. The van der Waals surface area contributed by atoms with E-state index in [2.05, 4.69) is 15.5 Å². The highest BCUT2D eigenvalue weighted by molar-refractivity contribution is 5.85. The Kier molecular flexibility index (Phi) is 13.5. The first-order valence-electron chi connectivity index (χ1n) is 8.27. The highest BCUT2D eigenvalue weighted by Crippen LogP contribution is 2.16. The maximum atomic E-state index is 11.9. The number of rotatable bonds is 7. The summed E-state index contributed by atoms with van der Waals surface area (Å²) in [5, 5.41) is 5.86. The summed E-state index contributed by atoms with van der Waals surface area (Å²) < 4.78 is 4.87. The number of ether oxygens (including phenoxy) is 1. The van der Waals surface area contributed by atoms with Gasteiger partial charge in [-0.05, 0) is 52.6 Å². The normalized spacial score (nSPS) is 17.0. The SMILES string of the molecule is COCC(N)C(=O)NCC1CCN(CC(=O)NC(C)(C)C)CC1.Cl.Cl. The second-order valence-electron chi connectivity index (χ2n) is 7.32. The van der Waals surface area contributed by atoms with Crippen LogP contribution in [-0.2, 0) is 14.3 Å². The van der Waals surface area contributed by atoms with Crippen molar-refractivity contribution in [3.8, 4) is 0 Å². The third kappa shape index (κ3) is 11.6. The van der Waals surface area contributed by atoms with Gasteiger partial charge in [-0.25, -0.2) is 0 Å². The Morgan fingerprint density at radius 2 is 1.80 bits per heavy atom. The summed E-state index contributed by atoms with van der Waals surface area (Å²) in [6.45, 7) is 9.00. The number of piperidine rings is 1. The molecule has 25 heavy (non-hydrogen) atoms. The smallest absolute Gasteiger partial charge is 0.239 e. The van der Waals surface area contributed by atoms with Crippen molar-refractivity contribution in [2.45, 2.75) is 45.2 Å². The third-order valence-electron chi connectivity index (χ3n) is 3.84. The van der Waals surface area contributed by atoms with Gasteiger partial charge in [-0.15, -0.1) is 24.8 Å². The van der Waals surface area contributed by atoms with E-state index in [1.54, 1.807) is 0 Å². The molecule has 0 spiro atoms. The number of nitrogens with zero attached hydrogens (tertiary/aromatic N) is 1. The molecule has 0 aromatic rings. The van der Waals surface area contributed by atoms with Crippen molar-refractivity contribution in [3.63, 3.8) is 0 Å². The van der Waals surface area contributed by atoms with Gasteiger partial charge in [0, 0.05) is 19.2 Å². The van der Waals surface area contributed by atoms with Crippen LogP contribution < -0.4 is 16.4 Å². The van der Waals surface area contributed by atoms with E-state index in [4.69, 9.17) is 10.5 Å². The zero-order valence-electron chi connectivity index (χ0n) is 15.7. The van der Waals surface area contributed by atoms with Crippen molar-refractivity contribution >= 4 is 36.6 Å². The van der Waals surface area contributed by atoms with Gasteiger partial charge in [-0.3, -0.25) is 14.5 Å². The zero-order chi connectivity index (χ0) is 17.5. The minimum atomic E-state index is -0.610. The number of methoxy groups -OCH3 is 1. The summed E-state index contributed by atoms with van der Waals surface area (Å²) in [7, 11) is 1.53. The first-order chi connectivity index (χ1) is 10.7. The molecule has 0 aliphatic carbocycles. The minimum Gasteiger partial charge on any atom is -0.383 e. The summed E-state index contributed by atoms with van der Waals surface area (Å²) >= 11 is 0. The number of hydrogen-bond acceptors (Lipinski definition) is 5. The van der Waals surface area contributed by atoms with Gasteiger partial charge in [0.15, 0.2) is 0 Å². The summed E-state index contributed by atoms with van der Waals surface area (Å²) in [5.74, 6) is 0.337. The molecule has 150 valence electrons. The number of nitrogens with two attached hydrogens (primary N) is 1. The van der Waals surface area contributed by atoms with Crippen LogP contribution in [0.4, 0.5) is 0 Å². The largest absolute Gasteiger partial charge is 0.383 e. The maximum Gasteiger partial charge on any atom is 0.239 e. The van der Waals surface area contributed by atoms with Crippen LogP contribution in [0.15, 0.2) is 0 Å². The van der Waals surface area contributed by atoms with Gasteiger partial charge in [0.05, 0.1) is 13.2 Å². The monoisotopic (exact) mass is 400 g/mol. The Morgan fingerprint density at radius 3 is 2.28 bits per heavy atom. The van der Waals surface area contributed by atoms with E-state index in [1.165, 1.54) is 7.11 Å². The predicted molar refractivity (Wildman–Crippen MR) is 104 cm³/mol. The van der Waals surface area contributed by atoms with Gasteiger partial charge >= 0.3 is 0 Å². The van der Waals surface area contributed by atoms with Gasteiger partial charge in [-0.2, -0.15) is 0 Å². The van der Waals surface area contributed by atoms with Crippen LogP contribution in [0.2, 0.25) is 0 Å². The Hall–Kier alpha value is -0.600. The summed E-state index contributed by atoms with van der Waals surface area (Å²) in [5.41, 5.74) is 5.49. The van der Waals surface area contributed by atoms with Crippen LogP contribution in [0.5, 0.6) is 0 Å². The second-order valence-corrected chi connectivity index (χ2v) is 7.32. The zero-order valence-corrected chi connectivity index (χ0v) is 17.3. The quantitative estimate of drug-likeness (QED) is 0.579. The number of carbonyl (C=O) groups is 2. The molecule has 7 nitrogen and oxygen atoms in total. The van der Waals surface area contributed by atoms with Crippen LogP contribution in [-0.4, -0.2) is 68.2 Å². The van der Waals surface area contributed by atoms with Crippen molar-refractivity contribution in [2.75, 3.05) is 39.9 Å². The Bertz CT molecular complexity index is 397. The lowest BCUT2D eigenvalue weighted by molar-refractivity contribution is -0.124. The molecule has 0 aromatic carbocycles. The van der Waals surface area contributed by atoms with E-state index in [-0.39, 0.29) is 48.8 Å². The fraction of sp³-hybridized carbons (Fsp3) is 0.875. The van der Waals surface area contributed by atoms with Crippen LogP contribution in [0, 0.1) is 5.92 Å². The lowest BCUT2D eigenvalue weighted by Crippen LogP contribution is -2.49. The molecule has 1 heterocycles. The molecular weight excluding hydrogens is 367 g/mol. The number of carbonyl (C=O) groups excluding carboxylic acids is 2. The van der Waals surface area contributed by atoms with E-state index in [0.29, 0.717) is 19.0 Å². The molecule has 1 atom stereocenters. The molecule has 1 rings (SSSR count). The molecule has 4 N–H and O–H groups in total. The molecule has 0 radical (unpaired) electrons.